The molecule has 1 aromatic carbocycles. The van der Waals surface area contributed by atoms with Crippen LogP contribution < -0.4 is 4.74 Å². The van der Waals surface area contributed by atoms with E-state index in [1.807, 2.05) is 26.0 Å². The molecule has 0 unspecified atom stereocenters. The third-order valence-electron chi connectivity index (χ3n) is 1.63. The molecule has 0 heterocycles. The van der Waals surface area contributed by atoms with Crippen LogP contribution in [0, 0.1) is 18.3 Å². The Labute approximate surface area is 72.4 Å². The first-order valence-electron chi connectivity index (χ1n) is 3.91. The highest BCUT2D eigenvalue weighted by atomic mass is 16.5. The van der Waals surface area contributed by atoms with Crippen molar-refractivity contribution in [1.82, 2.24) is 0 Å². The highest BCUT2D eigenvalue weighted by molar-refractivity contribution is 5.41. The van der Waals surface area contributed by atoms with Crippen LogP contribution >= 0.6 is 0 Å². The Hall–Kier alpha value is -1.49. The topological polar surface area (TPSA) is 33.0 Å². The number of rotatable bonds is 2. The molecule has 0 atom stereocenters. The molecule has 1 aromatic rings. The van der Waals surface area contributed by atoms with Crippen LogP contribution in [0.1, 0.15) is 18.1 Å². The van der Waals surface area contributed by atoms with E-state index >= 15 is 0 Å². The molecule has 0 N–H and O–H groups in total. The zero-order valence-corrected chi connectivity index (χ0v) is 7.29. The van der Waals surface area contributed by atoms with Crippen molar-refractivity contribution in [2.75, 3.05) is 6.61 Å². The lowest BCUT2D eigenvalue weighted by Gasteiger charge is -2.03. The van der Waals surface area contributed by atoms with Crippen LogP contribution in [-0.2, 0) is 0 Å². The molecule has 2 heteroatoms. The van der Waals surface area contributed by atoms with Gasteiger partial charge in [0.2, 0.25) is 0 Å². The van der Waals surface area contributed by atoms with Crippen LogP contribution in [0.5, 0.6) is 5.75 Å². The average molecular weight is 161 g/mol. The normalized spacial score (nSPS) is 9.08. The number of nitriles is 1. The van der Waals surface area contributed by atoms with Gasteiger partial charge in [0, 0.05) is 0 Å². The second kappa shape index (κ2) is 3.77. The van der Waals surface area contributed by atoms with Gasteiger partial charge in [-0.1, -0.05) is 0 Å². The predicted molar refractivity (Wildman–Crippen MR) is 47.1 cm³/mol. The van der Waals surface area contributed by atoms with Crippen molar-refractivity contribution >= 4 is 0 Å². The number of aryl methyl sites for hydroxylation is 1. The van der Waals surface area contributed by atoms with E-state index < -0.39 is 0 Å². The van der Waals surface area contributed by atoms with Gasteiger partial charge in [-0.2, -0.15) is 5.26 Å². The summed E-state index contributed by atoms with van der Waals surface area (Å²) in [7, 11) is 0. The highest BCUT2D eigenvalue weighted by Crippen LogP contribution is 2.16. The Morgan fingerprint density at radius 2 is 2.25 bits per heavy atom. The van der Waals surface area contributed by atoms with E-state index in [1.165, 1.54) is 0 Å². The van der Waals surface area contributed by atoms with Crippen molar-refractivity contribution in [2.45, 2.75) is 13.8 Å². The Morgan fingerprint density at radius 1 is 1.50 bits per heavy atom. The van der Waals surface area contributed by atoms with Gasteiger partial charge in [0.15, 0.2) is 0 Å². The fraction of sp³-hybridized carbons (Fsp3) is 0.300. The predicted octanol–water partition coefficient (Wildman–Crippen LogP) is 2.27. The van der Waals surface area contributed by atoms with Gasteiger partial charge in [-0.3, -0.25) is 0 Å². The van der Waals surface area contributed by atoms with Gasteiger partial charge in [-0.05, 0) is 37.6 Å². The van der Waals surface area contributed by atoms with E-state index in [4.69, 9.17) is 10.00 Å². The molecule has 1 rings (SSSR count). The number of hydrogen-bond acceptors (Lipinski definition) is 2. The average Bonchev–Trinajstić information content (AvgIpc) is 2.05. The number of hydrogen-bond donors (Lipinski definition) is 0. The minimum Gasteiger partial charge on any atom is -0.494 e. The molecular weight excluding hydrogens is 150 g/mol. The maximum atomic E-state index is 8.65. The molecule has 0 amide bonds. The summed E-state index contributed by atoms with van der Waals surface area (Å²) < 4.78 is 5.28. The molecule has 0 bridgehead atoms. The summed E-state index contributed by atoms with van der Waals surface area (Å²) >= 11 is 0. The summed E-state index contributed by atoms with van der Waals surface area (Å²) in [6.07, 6.45) is 0. The molecule has 0 aliphatic carbocycles. The van der Waals surface area contributed by atoms with Gasteiger partial charge in [-0.25, -0.2) is 0 Å². The number of ether oxygens (including phenoxy) is 1. The largest absolute Gasteiger partial charge is 0.494 e. The van der Waals surface area contributed by atoms with Crippen LogP contribution in [0.25, 0.3) is 0 Å². The third-order valence-corrected chi connectivity index (χ3v) is 1.63. The van der Waals surface area contributed by atoms with Crippen LogP contribution in [0.2, 0.25) is 0 Å². The minimum absolute atomic E-state index is 0.658. The second-order valence-electron chi connectivity index (χ2n) is 2.52. The molecular formula is C10H11NO. The SMILES string of the molecule is CCOc1ccc(C#N)c(C)c1. The summed E-state index contributed by atoms with van der Waals surface area (Å²) in [6, 6.07) is 7.58. The van der Waals surface area contributed by atoms with E-state index in [0.717, 1.165) is 11.3 Å². The molecule has 0 saturated heterocycles. The van der Waals surface area contributed by atoms with Crippen molar-refractivity contribution in [3.63, 3.8) is 0 Å². The second-order valence-corrected chi connectivity index (χ2v) is 2.52. The number of nitrogens with zero attached hydrogens (tertiary/aromatic N) is 1. The van der Waals surface area contributed by atoms with Gasteiger partial charge >= 0.3 is 0 Å². The van der Waals surface area contributed by atoms with E-state index in [2.05, 4.69) is 6.07 Å². The van der Waals surface area contributed by atoms with Crippen LogP contribution in [0.15, 0.2) is 18.2 Å². The summed E-state index contributed by atoms with van der Waals surface area (Å²) in [4.78, 5) is 0. The van der Waals surface area contributed by atoms with Gasteiger partial charge in [0.05, 0.1) is 18.2 Å². The van der Waals surface area contributed by atoms with Crippen molar-refractivity contribution in [2.24, 2.45) is 0 Å². The fourth-order valence-corrected chi connectivity index (χ4v) is 1.02. The van der Waals surface area contributed by atoms with E-state index in [1.54, 1.807) is 6.07 Å². The lowest BCUT2D eigenvalue weighted by Crippen LogP contribution is -1.92. The summed E-state index contributed by atoms with van der Waals surface area (Å²) in [5.41, 5.74) is 1.67. The lowest BCUT2D eigenvalue weighted by molar-refractivity contribution is 0.340. The van der Waals surface area contributed by atoms with Crippen LogP contribution in [0.3, 0.4) is 0 Å². The van der Waals surface area contributed by atoms with Crippen molar-refractivity contribution in [3.8, 4) is 11.8 Å². The smallest absolute Gasteiger partial charge is 0.119 e. The van der Waals surface area contributed by atoms with E-state index in [-0.39, 0.29) is 0 Å². The zero-order chi connectivity index (χ0) is 8.97. The van der Waals surface area contributed by atoms with Crippen molar-refractivity contribution in [1.29, 1.82) is 5.26 Å². The Kier molecular flexibility index (Phi) is 2.71. The van der Waals surface area contributed by atoms with Gasteiger partial charge in [0.25, 0.3) is 0 Å². The molecule has 0 aliphatic rings. The molecule has 0 aromatic heterocycles. The molecule has 0 saturated carbocycles. The summed E-state index contributed by atoms with van der Waals surface area (Å²) in [6.45, 7) is 4.50. The van der Waals surface area contributed by atoms with Gasteiger partial charge in [-0.15, -0.1) is 0 Å². The lowest BCUT2D eigenvalue weighted by atomic mass is 10.1. The Balaban J connectivity index is 2.96. The molecule has 0 radical (unpaired) electrons. The molecule has 0 spiro atoms. The number of benzene rings is 1. The molecule has 0 fully saturated rings. The fourth-order valence-electron chi connectivity index (χ4n) is 1.02. The monoisotopic (exact) mass is 161 g/mol. The Bertz CT molecular complexity index is 312. The third kappa shape index (κ3) is 1.76. The van der Waals surface area contributed by atoms with E-state index in [0.29, 0.717) is 12.2 Å². The highest BCUT2D eigenvalue weighted by Gasteiger charge is 1.98. The first-order valence-corrected chi connectivity index (χ1v) is 3.91. The van der Waals surface area contributed by atoms with Crippen molar-refractivity contribution in [3.05, 3.63) is 29.3 Å². The Morgan fingerprint density at radius 3 is 2.75 bits per heavy atom. The summed E-state index contributed by atoms with van der Waals surface area (Å²) in [5, 5.41) is 8.65. The first-order chi connectivity index (χ1) is 5.77. The van der Waals surface area contributed by atoms with Crippen molar-refractivity contribution < 1.29 is 4.74 Å². The van der Waals surface area contributed by atoms with Gasteiger partial charge < -0.3 is 4.74 Å². The standard InChI is InChI=1S/C10H11NO/c1-3-12-10-5-4-9(7-11)8(2)6-10/h4-6H,3H2,1-2H3. The molecule has 2 nitrogen and oxygen atoms in total. The maximum absolute atomic E-state index is 8.65. The molecule has 0 aliphatic heterocycles. The minimum atomic E-state index is 0.658. The molecule has 12 heavy (non-hydrogen) atoms. The molecule has 62 valence electrons. The quantitative estimate of drug-likeness (QED) is 0.666. The van der Waals surface area contributed by atoms with Crippen LogP contribution in [-0.4, -0.2) is 6.61 Å². The summed E-state index contributed by atoms with van der Waals surface area (Å²) in [5.74, 6) is 0.828. The first kappa shape index (κ1) is 8.61. The van der Waals surface area contributed by atoms with Crippen LogP contribution in [0.4, 0.5) is 0 Å². The van der Waals surface area contributed by atoms with Gasteiger partial charge in [0.1, 0.15) is 5.75 Å². The maximum Gasteiger partial charge on any atom is 0.119 e. The van der Waals surface area contributed by atoms with E-state index in [9.17, 15) is 0 Å². The zero-order valence-electron chi connectivity index (χ0n) is 7.29.